The molecule has 1 fully saturated rings. The van der Waals surface area contributed by atoms with Gasteiger partial charge in [0.15, 0.2) is 0 Å². The molecule has 0 radical (unpaired) electrons. The van der Waals surface area contributed by atoms with Crippen LogP contribution in [0.5, 0.6) is 0 Å². The number of hydrazine groups is 1. The summed E-state index contributed by atoms with van der Waals surface area (Å²) < 4.78 is 0. The van der Waals surface area contributed by atoms with Gasteiger partial charge in [0, 0.05) is 12.1 Å². The van der Waals surface area contributed by atoms with Crippen molar-refractivity contribution in [3.05, 3.63) is 0 Å². The first-order chi connectivity index (χ1) is 4.13. The lowest BCUT2D eigenvalue weighted by atomic mass is 9.92. The topological polar surface area (TPSA) is 92.3 Å². The van der Waals surface area contributed by atoms with Gasteiger partial charge in [0.25, 0.3) is 0 Å². The fourth-order valence-electron chi connectivity index (χ4n) is 1.29. The Morgan fingerprint density at radius 2 is 1.73 bits per heavy atom. The highest BCUT2D eigenvalue weighted by molar-refractivity contribution is 4.81. The largest absolute Gasteiger partial charge is 0.412 e. The number of nitrogens with zero attached hydrogens (tertiary/aromatic N) is 1. The first-order valence-corrected chi connectivity index (χ1v) is 3.65. The molecular weight excluding hydrogens is 144 g/mol. The van der Waals surface area contributed by atoms with E-state index in [1.165, 1.54) is 19.3 Å². The van der Waals surface area contributed by atoms with Crippen molar-refractivity contribution in [2.75, 3.05) is 6.54 Å². The second-order valence-corrected chi connectivity index (χ2v) is 3.46. The average molecular weight is 164 g/mol. The van der Waals surface area contributed by atoms with E-state index in [9.17, 15) is 0 Å². The molecule has 0 spiro atoms. The fourth-order valence-corrected chi connectivity index (χ4v) is 1.29. The molecule has 1 rings (SSSR count). The fraction of sp³-hybridized carbons (Fsp3) is 1.00. The molecule has 0 aromatic rings. The van der Waals surface area contributed by atoms with Gasteiger partial charge in [0.1, 0.15) is 0 Å². The maximum absolute atomic E-state index is 5.75. The molecule has 0 amide bonds. The Labute approximate surface area is 68.0 Å². The molecule has 0 saturated carbocycles. The Balaban J connectivity index is 0. The van der Waals surface area contributed by atoms with Crippen molar-refractivity contribution in [2.45, 2.75) is 38.6 Å². The van der Waals surface area contributed by atoms with Crippen LogP contribution >= 0.6 is 0 Å². The summed E-state index contributed by atoms with van der Waals surface area (Å²) in [7, 11) is 0. The molecule has 1 aliphatic rings. The summed E-state index contributed by atoms with van der Waals surface area (Å²) in [5, 5.41) is 1.95. The lowest BCUT2D eigenvalue weighted by molar-refractivity contribution is 0.0776. The van der Waals surface area contributed by atoms with Crippen LogP contribution in [0.15, 0.2) is 0 Å². The van der Waals surface area contributed by atoms with E-state index >= 15 is 0 Å². The van der Waals surface area contributed by atoms with Crippen LogP contribution in [0.1, 0.15) is 33.1 Å². The third kappa shape index (κ3) is 3.16. The second kappa shape index (κ2) is 4.66. The van der Waals surface area contributed by atoms with Gasteiger partial charge in [-0.1, -0.05) is 6.42 Å². The summed E-state index contributed by atoms with van der Waals surface area (Å²) in [5.74, 6) is 5.75. The van der Waals surface area contributed by atoms with Crippen molar-refractivity contribution in [1.82, 2.24) is 5.01 Å². The lowest BCUT2D eigenvalue weighted by Gasteiger charge is -2.38. The Morgan fingerprint density at radius 3 is 2.00 bits per heavy atom. The number of hydrogen-bond donors (Lipinski definition) is 1. The summed E-state index contributed by atoms with van der Waals surface area (Å²) in [4.78, 5) is 0. The predicted octanol–water partition coefficient (Wildman–Crippen LogP) is -0.525. The van der Waals surface area contributed by atoms with Crippen molar-refractivity contribution in [3.8, 4) is 0 Å². The first kappa shape index (κ1) is 13.4. The highest BCUT2D eigenvalue weighted by Gasteiger charge is 2.26. The monoisotopic (exact) mass is 164 g/mol. The Morgan fingerprint density at radius 1 is 1.18 bits per heavy atom. The molecule has 0 aromatic heterocycles. The molecule has 4 nitrogen and oxygen atoms in total. The lowest BCUT2D eigenvalue weighted by Crippen LogP contribution is -2.51. The second-order valence-electron chi connectivity index (χ2n) is 3.46. The first-order valence-electron chi connectivity index (χ1n) is 3.65. The molecule has 11 heavy (non-hydrogen) atoms. The molecule has 0 bridgehead atoms. The van der Waals surface area contributed by atoms with Crippen LogP contribution in [0.4, 0.5) is 0 Å². The van der Waals surface area contributed by atoms with Gasteiger partial charge in [-0.15, -0.1) is 0 Å². The highest BCUT2D eigenvalue weighted by Crippen LogP contribution is 2.23. The van der Waals surface area contributed by atoms with Crippen LogP contribution in [0.2, 0.25) is 0 Å². The number of nitrogens with two attached hydrogens (primary N) is 1. The molecule has 6 N–H and O–H groups in total. The average Bonchev–Trinajstić information content (AvgIpc) is 1.77. The van der Waals surface area contributed by atoms with Gasteiger partial charge < -0.3 is 11.0 Å². The van der Waals surface area contributed by atoms with E-state index in [0.717, 1.165) is 6.54 Å². The zero-order valence-electron chi connectivity index (χ0n) is 7.35. The van der Waals surface area contributed by atoms with E-state index in [0.29, 0.717) is 0 Å². The Hall–Kier alpha value is -0.160. The summed E-state index contributed by atoms with van der Waals surface area (Å²) in [6.45, 7) is 5.46. The molecule has 0 aliphatic carbocycles. The molecule has 0 aromatic carbocycles. The molecule has 0 atom stereocenters. The van der Waals surface area contributed by atoms with Crippen LogP contribution in [-0.4, -0.2) is 28.0 Å². The van der Waals surface area contributed by atoms with E-state index in [4.69, 9.17) is 5.84 Å². The van der Waals surface area contributed by atoms with Crippen molar-refractivity contribution in [3.63, 3.8) is 0 Å². The van der Waals surface area contributed by atoms with Gasteiger partial charge in [0.2, 0.25) is 0 Å². The van der Waals surface area contributed by atoms with Gasteiger partial charge in [-0.2, -0.15) is 0 Å². The van der Waals surface area contributed by atoms with Gasteiger partial charge in [-0.25, -0.2) is 5.01 Å². The summed E-state index contributed by atoms with van der Waals surface area (Å²) in [5.41, 5.74) is 0.248. The molecule has 0 unspecified atom stereocenters. The minimum atomic E-state index is 0. The SMILES string of the molecule is CC1(C)CCCCN1N.O.O. The normalized spacial score (nSPS) is 23.2. The van der Waals surface area contributed by atoms with Gasteiger partial charge >= 0.3 is 0 Å². The Kier molecular flexibility index (Phi) is 5.69. The Bertz CT molecular complexity index is 107. The molecule has 1 aliphatic heterocycles. The van der Waals surface area contributed by atoms with Gasteiger partial charge in [-0.05, 0) is 26.7 Å². The van der Waals surface area contributed by atoms with Crippen molar-refractivity contribution < 1.29 is 11.0 Å². The third-order valence-corrected chi connectivity index (χ3v) is 2.22. The van der Waals surface area contributed by atoms with E-state index in [1.807, 2.05) is 5.01 Å². The standard InChI is InChI=1S/C7H16N2.2H2O/c1-7(2)5-3-4-6-9(7)8;;/h3-6,8H2,1-2H3;2*1H2. The summed E-state index contributed by atoms with van der Waals surface area (Å²) in [6.07, 6.45) is 3.84. The van der Waals surface area contributed by atoms with E-state index in [-0.39, 0.29) is 16.5 Å². The summed E-state index contributed by atoms with van der Waals surface area (Å²) in [6, 6.07) is 0. The number of piperidine rings is 1. The minimum absolute atomic E-state index is 0. The van der Waals surface area contributed by atoms with Crippen LogP contribution in [0.3, 0.4) is 0 Å². The van der Waals surface area contributed by atoms with Crippen LogP contribution in [-0.2, 0) is 0 Å². The van der Waals surface area contributed by atoms with E-state index in [2.05, 4.69) is 13.8 Å². The zero-order chi connectivity index (χ0) is 6.91. The van der Waals surface area contributed by atoms with Crippen LogP contribution < -0.4 is 5.84 Å². The minimum Gasteiger partial charge on any atom is -0.412 e. The molecule has 4 heteroatoms. The van der Waals surface area contributed by atoms with Crippen LogP contribution in [0.25, 0.3) is 0 Å². The maximum Gasteiger partial charge on any atom is 0.0295 e. The van der Waals surface area contributed by atoms with Gasteiger partial charge in [-0.3, -0.25) is 5.84 Å². The van der Waals surface area contributed by atoms with Crippen molar-refractivity contribution in [2.24, 2.45) is 5.84 Å². The molecule has 1 saturated heterocycles. The third-order valence-electron chi connectivity index (χ3n) is 2.22. The maximum atomic E-state index is 5.75. The van der Waals surface area contributed by atoms with Gasteiger partial charge in [0.05, 0.1) is 0 Å². The quantitative estimate of drug-likeness (QED) is 0.488. The smallest absolute Gasteiger partial charge is 0.0295 e. The highest BCUT2D eigenvalue weighted by atomic mass is 16.0. The summed E-state index contributed by atoms with van der Waals surface area (Å²) >= 11 is 0. The molecule has 70 valence electrons. The molecule has 1 heterocycles. The van der Waals surface area contributed by atoms with Crippen molar-refractivity contribution in [1.29, 1.82) is 0 Å². The van der Waals surface area contributed by atoms with E-state index in [1.54, 1.807) is 0 Å². The predicted molar refractivity (Wildman–Crippen MR) is 46.1 cm³/mol. The van der Waals surface area contributed by atoms with E-state index < -0.39 is 0 Å². The number of hydrogen-bond acceptors (Lipinski definition) is 2. The number of rotatable bonds is 0. The zero-order valence-corrected chi connectivity index (χ0v) is 7.35. The van der Waals surface area contributed by atoms with Crippen molar-refractivity contribution >= 4 is 0 Å². The molecular formula is C7H20N2O2. The van der Waals surface area contributed by atoms with Crippen LogP contribution in [0, 0.1) is 0 Å².